The number of thioether (sulfide) groups is 1. The van der Waals surface area contributed by atoms with Gasteiger partial charge in [-0.25, -0.2) is 4.39 Å². The summed E-state index contributed by atoms with van der Waals surface area (Å²) in [4.78, 5) is 13.1. The van der Waals surface area contributed by atoms with Gasteiger partial charge in [-0.05, 0) is 48.9 Å². The third kappa shape index (κ3) is 5.38. The molecule has 1 aromatic heterocycles. The van der Waals surface area contributed by atoms with Crippen LogP contribution in [0.4, 0.5) is 10.1 Å². The van der Waals surface area contributed by atoms with E-state index >= 15 is 0 Å². The molecule has 0 bridgehead atoms. The van der Waals surface area contributed by atoms with Gasteiger partial charge in [-0.1, -0.05) is 69.8 Å². The van der Waals surface area contributed by atoms with Crippen LogP contribution in [0, 0.1) is 18.7 Å². The van der Waals surface area contributed by atoms with Crippen molar-refractivity contribution in [3.63, 3.8) is 0 Å². The molecule has 1 N–H and O–H groups in total. The quantitative estimate of drug-likeness (QED) is 0.406. The SMILES string of the molecule is Cc1cccc(C(C)C)c1NC(=O)C(C)Sc1nnc(-c2ccccc2F)n1CC(C)C. The maximum Gasteiger partial charge on any atom is 0.237 e. The summed E-state index contributed by atoms with van der Waals surface area (Å²) in [7, 11) is 0. The van der Waals surface area contributed by atoms with E-state index in [1.807, 2.05) is 36.6 Å². The van der Waals surface area contributed by atoms with Crippen LogP contribution >= 0.6 is 11.8 Å². The van der Waals surface area contributed by atoms with Crippen LogP contribution in [0.3, 0.4) is 0 Å². The van der Waals surface area contributed by atoms with Crippen LogP contribution in [0.25, 0.3) is 11.4 Å². The summed E-state index contributed by atoms with van der Waals surface area (Å²) in [6.07, 6.45) is 0. The standard InChI is InChI=1S/C25H31FN4OS/c1-15(2)14-30-23(20-11-7-8-13-21(20)26)28-29-25(30)32-18(6)24(31)27-22-17(5)10-9-12-19(22)16(3)4/h7-13,15-16,18H,14H2,1-6H3,(H,27,31). The van der Waals surface area contributed by atoms with E-state index in [0.29, 0.717) is 34.9 Å². The maximum atomic E-state index is 14.4. The Bertz CT molecular complexity index is 1090. The van der Waals surface area contributed by atoms with Crippen molar-refractivity contribution in [2.75, 3.05) is 5.32 Å². The minimum Gasteiger partial charge on any atom is -0.325 e. The highest BCUT2D eigenvalue weighted by Gasteiger charge is 2.23. The largest absolute Gasteiger partial charge is 0.325 e. The van der Waals surface area contributed by atoms with E-state index in [1.54, 1.807) is 18.2 Å². The minimum absolute atomic E-state index is 0.0993. The molecule has 7 heteroatoms. The molecular weight excluding hydrogens is 423 g/mol. The molecule has 5 nitrogen and oxygen atoms in total. The fraction of sp³-hybridized carbons (Fsp3) is 0.400. The molecular formula is C25H31FN4OS. The topological polar surface area (TPSA) is 59.8 Å². The van der Waals surface area contributed by atoms with Crippen LogP contribution in [-0.2, 0) is 11.3 Å². The van der Waals surface area contributed by atoms with Crippen molar-refractivity contribution in [1.29, 1.82) is 0 Å². The van der Waals surface area contributed by atoms with E-state index in [-0.39, 0.29) is 11.7 Å². The van der Waals surface area contributed by atoms with E-state index in [1.165, 1.54) is 17.8 Å². The van der Waals surface area contributed by atoms with E-state index < -0.39 is 5.25 Å². The average molecular weight is 455 g/mol. The number of nitrogens with zero attached hydrogens (tertiary/aromatic N) is 3. The molecule has 1 unspecified atom stereocenters. The molecule has 0 saturated carbocycles. The molecule has 3 aromatic rings. The highest BCUT2D eigenvalue weighted by molar-refractivity contribution is 8.00. The molecule has 32 heavy (non-hydrogen) atoms. The normalized spacial score (nSPS) is 12.4. The Morgan fingerprint density at radius 2 is 1.78 bits per heavy atom. The number of aryl methyl sites for hydroxylation is 1. The van der Waals surface area contributed by atoms with Crippen LogP contribution in [0.1, 0.15) is 51.7 Å². The van der Waals surface area contributed by atoms with Crippen molar-refractivity contribution in [1.82, 2.24) is 14.8 Å². The van der Waals surface area contributed by atoms with Crippen molar-refractivity contribution in [3.8, 4) is 11.4 Å². The molecule has 0 spiro atoms. The summed E-state index contributed by atoms with van der Waals surface area (Å²) < 4.78 is 16.3. The van der Waals surface area contributed by atoms with Crippen LogP contribution in [0.5, 0.6) is 0 Å². The number of anilines is 1. The number of hydrogen-bond donors (Lipinski definition) is 1. The molecule has 1 atom stereocenters. The van der Waals surface area contributed by atoms with Gasteiger partial charge in [0.1, 0.15) is 5.82 Å². The van der Waals surface area contributed by atoms with Crippen molar-refractivity contribution in [2.45, 2.75) is 64.4 Å². The molecule has 0 fully saturated rings. The number of aromatic nitrogens is 3. The number of carbonyl (C=O) groups excluding carboxylic acids is 1. The summed E-state index contributed by atoms with van der Waals surface area (Å²) in [6, 6.07) is 12.6. The predicted octanol–water partition coefficient (Wildman–Crippen LogP) is 6.29. The molecule has 0 radical (unpaired) electrons. The number of rotatable bonds is 8. The molecule has 170 valence electrons. The Kier molecular flexibility index (Phi) is 7.72. The highest BCUT2D eigenvalue weighted by Crippen LogP contribution is 2.31. The third-order valence-corrected chi connectivity index (χ3v) is 6.29. The van der Waals surface area contributed by atoms with Gasteiger partial charge in [0.2, 0.25) is 5.91 Å². The Hall–Kier alpha value is -2.67. The minimum atomic E-state index is -0.404. The molecule has 3 rings (SSSR count). The molecule has 2 aromatic carbocycles. The van der Waals surface area contributed by atoms with E-state index in [0.717, 1.165) is 16.8 Å². The maximum absolute atomic E-state index is 14.4. The van der Waals surface area contributed by atoms with Crippen molar-refractivity contribution >= 4 is 23.4 Å². The zero-order valence-electron chi connectivity index (χ0n) is 19.5. The molecule has 1 amide bonds. The first kappa shape index (κ1) is 24.0. The summed E-state index contributed by atoms with van der Waals surface area (Å²) >= 11 is 1.34. The van der Waals surface area contributed by atoms with Gasteiger partial charge in [0.25, 0.3) is 0 Å². The Morgan fingerprint density at radius 3 is 2.44 bits per heavy atom. The summed E-state index contributed by atoms with van der Waals surface area (Å²) in [6.45, 7) is 12.9. The number of halogens is 1. The van der Waals surface area contributed by atoms with Gasteiger partial charge in [0.05, 0.1) is 10.8 Å². The number of nitrogens with one attached hydrogen (secondary N) is 1. The van der Waals surface area contributed by atoms with Crippen molar-refractivity contribution < 1.29 is 9.18 Å². The van der Waals surface area contributed by atoms with Crippen molar-refractivity contribution in [3.05, 3.63) is 59.4 Å². The summed E-state index contributed by atoms with van der Waals surface area (Å²) in [5, 5.41) is 11.9. The monoisotopic (exact) mass is 454 g/mol. The average Bonchev–Trinajstić information content (AvgIpc) is 3.10. The van der Waals surface area contributed by atoms with Crippen molar-refractivity contribution in [2.24, 2.45) is 5.92 Å². The van der Waals surface area contributed by atoms with Gasteiger partial charge in [-0.3, -0.25) is 4.79 Å². The zero-order valence-corrected chi connectivity index (χ0v) is 20.3. The van der Waals surface area contributed by atoms with E-state index in [9.17, 15) is 9.18 Å². The fourth-order valence-electron chi connectivity index (χ4n) is 3.53. The van der Waals surface area contributed by atoms with Crippen LogP contribution in [0.2, 0.25) is 0 Å². The molecule has 0 aliphatic carbocycles. The molecule has 0 saturated heterocycles. The first-order valence-electron chi connectivity index (χ1n) is 10.9. The number of amides is 1. The van der Waals surface area contributed by atoms with Gasteiger partial charge in [-0.2, -0.15) is 0 Å². The molecule has 1 heterocycles. The number of hydrogen-bond acceptors (Lipinski definition) is 4. The Balaban J connectivity index is 1.86. The lowest BCUT2D eigenvalue weighted by Gasteiger charge is -2.19. The number of para-hydroxylation sites is 1. The second-order valence-corrected chi connectivity index (χ2v) is 10.0. The lowest BCUT2D eigenvalue weighted by atomic mass is 9.98. The third-order valence-electron chi connectivity index (χ3n) is 5.21. The first-order valence-corrected chi connectivity index (χ1v) is 11.8. The van der Waals surface area contributed by atoms with Gasteiger partial charge in [-0.15, -0.1) is 10.2 Å². The Labute approximate surface area is 193 Å². The number of benzene rings is 2. The van der Waals surface area contributed by atoms with Crippen LogP contribution in [-0.4, -0.2) is 25.9 Å². The zero-order chi connectivity index (χ0) is 23.4. The highest BCUT2D eigenvalue weighted by atomic mass is 32.2. The number of carbonyl (C=O) groups is 1. The summed E-state index contributed by atoms with van der Waals surface area (Å²) in [5.41, 5.74) is 3.42. The lowest BCUT2D eigenvalue weighted by Crippen LogP contribution is -2.24. The van der Waals surface area contributed by atoms with Crippen LogP contribution in [0.15, 0.2) is 47.6 Å². The second-order valence-electron chi connectivity index (χ2n) is 8.73. The molecule has 0 aliphatic rings. The van der Waals surface area contributed by atoms with Gasteiger partial charge >= 0.3 is 0 Å². The lowest BCUT2D eigenvalue weighted by molar-refractivity contribution is -0.115. The summed E-state index contributed by atoms with van der Waals surface area (Å²) in [5.74, 6) is 0.643. The van der Waals surface area contributed by atoms with Crippen LogP contribution < -0.4 is 5.32 Å². The van der Waals surface area contributed by atoms with Gasteiger partial charge < -0.3 is 9.88 Å². The van der Waals surface area contributed by atoms with Gasteiger partial charge in [0.15, 0.2) is 11.0 Å². The van der Waals surface area contributed by atoms with E-state index in [2.05, 4.69) is 43.2 Å². The fourth-order valence-corrected chi connectivity index (χ4v) is 4.38. The second kappa shape index (κ2) is 10.3. The van der Waals surface area contributed by atoms with Gasteiger partial charge in [0, 0.05) is 12.2 Å². The van der Waals surface area contributed by atoms with E-state index in [4.69, 9.17) is 0 Å². The smallest absolute Gasteiger partial charge is 0.237 e. The predicted molar refractivity (Wildman–Crippen MR) is 129 cm³/mol. The molecule has 0 aliphatic heterocycles. The Morgan fingerprint density at radius 1 is 1.06 bits per heavy atom. The first-order chi connectivity index (χ1) is 15.2.